The standard InChI is InChI=1S/C14H18Cl2N4/c1-9(2)20-4-3-13(19-20)8-14(18-17)10-5-11(15)7-12(16)6-10/h3-7,9,14,18H,8,17H2,1-2H3. The van der Waals surface area contributed by atoms with Crippen LogP contribution in [0, 0.1) is 0 Å². The number of hydrogen-bond acceptors (Lipinski definition) is 3. The summed E-state index contributed by atoms with van der Waals surface area (Å²) in [6, 6.07) is 7.68. The van der Waals surface area contributed by atoms with Crippen LogP contribution in [0.3, 0.4) is 0 Å². The summed E-state index contributed by atoms with van der Waals surface area (Å²) in [5.74, 6) is 5.65. The number of aromatic nitrogens is 2. The van der Waals surface area contributed by atoms with Crippen LogP contribution >= 0.6 is 23.2 Å². The number of halogens is 2. The van der Waals surface area contributed by atoms with E-state index >= 15 is 0 Å². The lowest BCUT2D eigenvalue weighted by Gasteiger charge is -2.16. The lowest BCUT2D eigenvalue weighted by molar-refractivity contribution is 0.507. The highest BCUT2D eigenvalue weighted by atomic mass is 35.5. The predicted molar refractivity (Wildman–Crippen MR) is 82.8 cm³/mol. The summed E-state index contributed by atoms with van der Waals surface area (Å²) in [4.78, 5) is 0. The van der Waals surface area contributed by atoms with E-state index in [2.05, 4.69) is 24.4 Å². The molecule has 0 aliphatic heterocycles. The lowest BCUT2D eigenvalue weighted by atomic mass is 10.0. The Kier molecular flexibility index (Phi) is 5.05. The highest BCUT2D eigenvalue weighted by Crippen LogP contribution is 2.25. The van der Waals surface area contributed by atoms with Crippen LogP contribution in [0.1, 0.15) is 37.2 Å². The Balaban J connectivity index is 2.19. The minimum atomic E-state index is -0.0817. The third kappa shape index (κ3) is 3.73. The van der Waals surface area contributed by atoms with Crippen LogP contribution in [0.4, 0.5) is 0 Å². The second kappa shape index (κ2) is 6.59. The van der Waals surface area contributed by atoms with Crippen molar-refractivity contribution in [2.45, 2.75) is 32.4 Å². The molecule has 108 valence electrons. The molecule has 3 N–H and O–H groups in total. The molecule has 2 aromatic rings. The van der Waals surface area contributed by atoms with Gasteiger partial charge in [0.05, 0.1) is 11.7 Å². The molecule has 1 atom stereocenters. The van der Waals surface area contributed by atoms with Gasteiger partial charge in [-0.3, -0.25) is 16.0 Å². The van der Waals surface area contributed by atoms with Gasteiger partial charge >= 0.3 is 0 Å². The summed E-state index contributed by atoms with van der Waals surface area (Å²) < 4.78 is 1.92. The largest absolute Gasteiger partial charge is 0.271 e. The average Bonchev–Trinajstić information content (AvgIpc) is 2.83. The van der Waals surface area contributed by atoms with Gasteiger partial charge in [-0.2, -0.15) is 5.10 Å². The normalized spacial score (nSPS) is 12.9. The van der Waals surface area contributed by atoms with E-state index in [1.165, 1.54) is 0 Å². The first-order valence-corrected chi connectivity index (χ1v) is 7.21. The fourth-order valence-corrected chi connectivity index (χ4v) is 2.58. The zero-order valence-corrected chi connectivity index (χ0v) is 13.0. The molecule has 0 aliphatic rings. The van der Waals surface area contributed by atoms with Crippen molar-refractivity contribution in [3.05, 3.63) is 51.8 Å². The molecule has 1 unspecified atom stereocenters. The molecule has 20 heavy (non-hydrogen) atoms. The third-order valence-electron chi connectivity index (χ3n) is 3.09. The Morgan fingerprint density at radius 3 is 2.40 bits per heavy atom. The number of benzene rings is 1. The summed E-state index contributed by atoms with van der Waals surface area (Å²) >= 11 is 12.1. The van der Waals surface area contributed by atoms with Gasteiger partial charge in [-0.05, 0) is 43.7 Å². The van der Waals surface area contributed by atoms with Gasteiger partial charge in [0.15, 0.2) is 0 Å². The summed E-state index contributed by atoms with van der Waals surface area (Å²) in [6.45, 7) is 4.18. The van der Waals surface area contributed by atoms with E-state index in [1.807, 2.05) is 29.1 Å². The fraction of sp³-hybridized carbons (Fsp3) is 0.357. The van der Waals surface area contributed by atoms with Crippen LogP contribution in [0.15, 0.2) is 30.5 Å². The molecule has 4 nitrogen and oxygen atoms in total. The van der Waals surface area contributed by atoms with Crippen molar-refractivity contribution in [1.29, 1.82) is 0 Å². The molecule has 0 fully saturated rings. The lowest BCUT2D eigenvalue weighted by Crippen LogP contribution is -2.29. The first kappa shape index (κ1) is 15.3. The van der Waals surface area contributed by atoms with E-state index < -0.39 is 0 Å². The molecule has 0 saturated heterocycles. The van der Waals surface area contributed by atoms with Crippen LogP contribution in [0.25, 0.3) is 0 Å². The fourth-order valence-electron chi connectivity index (χ4n) is 2.03. The number of hydrogen-bond donors (Lipinski definition) is 2. The quantitative estimate of drug-likeness (QED) is 0.656. The van der Waals surface area contributed by atoms with Gasteiger partial charge in [-0.1, -0.05) is 23.2 Å². The Bertz CT molecular complexity index is 560. The van der Waals surface area contributed by atoms with E-state index in [0.717, 1.165) is 11.3 Å². The number of nitrogens with two attached hydrogens (primary N) is 1. The summed E-state index contributed by atoms with van der Waals surface area (Å²) in [6.07, 6.45) is 2.64. The maximum absolute atomic E-state index is 6.03. The molecule has 1 aromatic heterocycles. The zero-order valence-electron chi connectivity index (χ0n) is 11.5. The maximum Gasteiger partial charge on any atom is 0.0644 e. The Morgan fingerprint density at radius 1 is 1.25 bits per heavy atom. The Morgan fingerprint density at radius 2 is 1.90 bits per heavy atom. The van der Waals surface area contributed by atoms with E-state index in [-0.39, 0.29) is 6.04 Å². The van der Waals surface area contributed by atoms with Crippen LogP contribution < -0.4 is 11.3 Å². The van der Waals surface area contributed by atoms with Crippen LogP contribution in [-0.2, 0) is 6.42 Å². The van der Waals surface area contributed by atoms with Gasteiger partial charge in [-0.25, -0.2) is 0 Å². The highest BCUT2D eigenvalue weighted by molar-refractivity contribution is 6.34. The van der Waals surface area contributed by atoms with Gasteiger partial charge in [0, 0.05) is 28.7 Å². The molecule has 6 heteroatoms. The van der Waals surface area contributed by atoms with E-state index in [9.17, 15) is 0 Å². The van der Waals surface area contributed by atoms with Gasteiger partial charge in [-0.15, -0.1) is 0 Å². The molecule has 0 spiro atoms. The van der Waals surface area contributed by atoms with Crippen molar-refractivity contribution in [2.75, 3.05) is 0 Å². The number of hydrazine groups is 1. The second-order valence-corrected chi connectivity index (χ2v) is 5.88. The molecule has 2 rings (SSSR count). The molecule has 1 aromatic carbocycles. The number of rotatable bonds is 5. The van der Waals surface area contributed by atoms with Crippen LogP contribution in [0.2, 0.25) is 10.0 Å². The zero-order chi connectivity index (χ0) is 14.7. The molecule has 0 saturated carbocycles. The van der Waals surface area contributed by atoms with Crippen molar-refractivity contribution in [2.24, 2.45) is 5.84 Å². The predicted octanol–water partition coefficient (Wildman–Crippen LogP) is 3.52. The molecular weight excluding hydrogens is 295 g/mol. The van der Waals surface area contributed by atoms with Crippen molar-refractivity contribution in [1.82, 2.24) is 15.2 Å². The Labute approximate surface area is 128 Å². The number of nitrogens with one attached hydrogen (secondary N) is 1. The summed E-state index contributed by atoms with van der Waals surface area (Å²) in [5, 5.41) is 5.72. The van der Waals surface area contributed by atoms with Gasteiger partial charge in [0.1, 0.15) is 0 Å². The molecule has 0 radical (unpaired) electrons. The van der Waals surface area contributed by atoms with Gasteiger partial charge in [0.2, 0.25) is 0 Å². The van der Waals surface area contributed by atoms with Crippen LogP contribution in [-0.4, -0.2) is 9.78 Å². The molecule has 0 aliphatic carbocycles. The topological polar surface area (TPSA) is 55.9 Å². The third-order valence-corrected chi connectivity index (χ3v) is 3.53. The first-order chi connectivity index (χ1) is 9.49. The van der Waals surface area contributed by atoms with Crippen molar-refractivity contribution in [3.63, 3.8) is 0 Å². The second-order valence-electron chi connectivity index (χ2n) is 5.01. The SMILES string of the molecule is CC(C)n1ccc(CC(NN)c2cc(Cl)cc(Cl)c2)n1. The monoisotopic (exact) mass is 312 g/mol. The highest BCUT2D eigenvalue weighted by Gasteiger charge is 2.14. The summed E-state index contributed by atoms with van der Waals surface area (Å²) in [7, 11) is 0. The van der Waals surface area contributed by atoms with E-state index in [0.29, 0.717) is 22.5 Å². The minimum absolute atomic E-state index is 0.0817. The van der Waals surface area contributed by atoms with Crippen molar-refractivity contribution < 1.29 is 0 Å². The van der Waals surface area contributed by atoms with Gasteiger partial charge < -0.3 is 0 Å². The number of nitrogens with zero attached hydrogens (tertiary/aromatic N) is 2. The minimum Gasteiger partial charge on any atom is -0.271 e. The maximum atomic E-state index is 6.03. The van der Waals surface area contributed by atoms with Crippen LogP contribution in [0.5, 0.6) is 0 Å². The van der Waals surface area contributed by atoms with Gasteiger partial charge in [0.25, 0.3) is 0 Å². The van der Waals surface area contributed by atoms with Crippen molar-refractivity contribution >= 4 is 23.2 Å². The smallest absolute Gasteiger partial charge is 0.0644 e. The summed E-state index contributed by atoms with van der Waals surface area (Å²) in [5.41, 5.74) is 4.71. The first-order valence-electron chi connectivity index (χ1n) is 6.45. The van der Waals surface area contributed by atoms with E-state index in [1.54, 1.807) is 6.07 Å². The molecule has 0 amide bonds. The Hall–Kier alpha value is -1.07. The van der Waals surface area contributed by atoms with Crippen molar-refractivity contribution in [3.8, 4) is 0 Å². The molecule has 1 heterocycles. The molecule has 0 bridgehead atoms. The molecular formula is C14H18Cl2N4. The van der Waals surface area contributed by atoms with E-state index in [4.69, 9.17) is 29.0 Å². The average molecular weight is 313 g/mol.